The number of carbonyl (C=O) groups is 2. The minimum absolute atomic E-state index is 0.00170. The molecule has 3 aliphatic heterocycles. The van der Waals surface area contributed by atoms with Crippen LogP contribution in [0, 0.1) is 0 Å². The normalized spacial score (nSPS) is 24.0. The molecule has 0 bridgehead atoms. The minimum atomic E-state index is -4.56. The smallest absolute Gasteiger partial charge is 0.379 e. The molecular weight excluding hydrogens is 443 g/mol. The third kappa shape index (κ3) is 3.28. The largest absolute Gasteiger partial charge is 0.416 e. The summed E-state index contributed by atoms with van der Waals surface area (Å²) in [5, 5.41) is 0. The topological polar surface area (TPSA) is 53.1 Å². The summed E-state index contributed by atoms with van der Waals surface area (Å²) >= 11 is 1.15. The van der Waals surface area contributed by atoms with Crippen molar-refractivity contribution in [1.29, 1.82) is 0 Å². The van der Waals surface area contributed by atoms with Crippen LogP contribution in [0.2, 0.25) is 0 Å². The second-order valence-corrected chi connectivity index (χ2v) is 9.00. The molecule has 2 aromatic carbocycles. The van der Waals surface area contributed by atoms with E-state index in [1.807, 2.05) is 12.1 Å². The summed E-state index contributed by atoms with van der Waals surface area (Å²) < 4.78 is 45.5. The van der Waals surface area contributed by atoms with Gasteiger partial charge >= 0.3 is 6.18 Å². The molecule has 3 heterocycles. The van der Waals surface area contributed by atoms with Gasteiger partial charge in [-0.1, -0.05) is 24.3 Å². The van der Waals surface area contributed by atoms with Gasteiger partial charge < -0.3 is 4.74 Å². The van der Waals surface area contributed by atoms with E-state index in [4.69, 9.17) is 4.74 Å². The molecule has 0 saturated carbocycles. The van der Waals surface area contributed by atoms with Crippen molar-refractivity contribution >= 4 is 35.0 Å². The summed E-state index contributed by atoms with van der Waals surface area (Å²) in [4.78, 5) is 30.4. The average molecular weight is 463 g/mol. The second kappa shape index (κ2) is 7.79. The van der Waals surface area contributed by atoms with Crippen molar-refractivity contribution in [3.05, 3.63) is 59.7 Å². The van der Waals surface area contributed by atoms with Crippen LogP contribution in [0.1, 0.15) is 11.1 Å². The number of rotatable bonds is 3. The van der Waals surface area contributed by atoms with Crippen LogP contribution in [0.3, 0.4) is 0 Å². The number of anilines is 2. The average Bonchev–Trinajstić information content (AvgIpc) is 3.25. The third-order valence-electron chi connectivity index (χ3n) is 5.94. The van der Waals surface area contributed by atoms with E-state index in [9.17, 15) is 22.8 Å². The Hall–Kier alpha value is -2.56. The molecule has 2 saturated heterocycles. The lowest BCUT2D eigenvalue weighted by Crippen LogP contribution is -2.52. The van der Waals surface area contributed by atoms with Crippen LogP contribution in [0.4, 0.5) is 24.5 Å². The van der Waals surface area contributed by atoms with Crippen LogP contribution in [0.5, 0.6) is 0 Å². The number of benzene rings is 2. The molecule has 5 rings (SSSR count). The zero-order valence-electron chi connectivity index (χ0n) is 17.0. The van der Waals surface area contributed by atoms with Gasteiger partial charge in [-0.3, -0.25) is 24.3 Å². The summed E-state index contributed by atoms with van der Waals surface area (Å²) in [7, 11) is 0. The zero-order valence-corrected chi connectivity index (χ0v) is 17.8. The molecule has 10 heteroatoms. The van der Waals surface area contributed by atoms with Crippen molar-refractivity contribution in [3.8, 4) is 0 Å². The first-order valence-electron chi connectivity index (χ1n) is 10.2. The van der Waals surface area contributed by atoms with Crippen molar-refractivity contribution in [2.24, 2.45) is 0 Å². The van der Waals surface area contributed by atoms with Gasteiger partial charge in [-0.25, -0.2) is 0 Å². The highest BCUT2D eigenvalue weighted by atomic mass is 32.2. The molecular formula is C22H20F3N3O3S. The first kappa shape index (κ1) is 21.3. The molecule has 2 aromatic rings. The Bertz CT molecular complexity index is 1070. The zero-order chi connectivity index (χ0) is 22.5. The Balaban J connectivity index is 1.59. The highest BCUT2D eigenvalue weighted by molar-refractivity contribution is 8.02. The maximum absolute atomic E-state index is 13.9. The van der Waals surface area contributed by atoms with Crippen LogP contribution in [0.15, 0.2) is 48.5 Å². The van der Waals surface area contributed by atoms with E-state index < -0.39 is 22.5 Å². The SMILES string of the molecule is O=C1CS[C@]2(C(=O)N(CN3CCOCC3)c3ccccc32)N1c1cccc(C(F)(F)F)c1. The molecule has 2 amide bonds. The molecule has 3 aliphatic rings. The first-order valence-corrected chi connectivity index (χ1v) is 11.2. The molecule has 6 nitrogen and oxygen atoms in total. The number of carbonyl (C=O) groups excluding carboxylic acids is 2. The fourth-order valence-corrected chi connectivity index (χ4v) is 5.82. The van der Waals surface area contributed by atoms with Gasteiger partial charge in [0.2, 0.25) is 10.8 Å². The standard InChI is InChI=1S/C22H20F3N3O3S/c23-22(24,25)15-4-3-5-16(12-15)28-19(29)13-32-21(28)17-6-1-2-7-18(17)27(20(21)30)14-26-8-10-31-11-9-26/h1-7,12H,8-11,13-14H2/t21-/m1/s1. The minimum Gasteiger partial charge on any atom is -0.379 e. The highest BCUT2D eigenvalue weighted by Gasteiger charge is 2.61. The predicted molar refractivity (Wildman–Crippen MR) is 114 cm³/mol. The Kier molecular flexibility index (Phi) is 5.18. The van der Waals surface area contributed by atoms with Gasteiger partial charge in [0.25, 0.3) is 5.91 Å². The van der Waals surface area contributed by atoms with Crippen LogP contribution < -0.4 is 9.80 Å². The lowest BCUT2D eigenvalue weighted by atomic mass is 10.0. The quantitative estimate of drug-likeness (QED) is 0.700. The molecule has 0 N–H and O–H groups in total. The number of hydrogen-bond donors (Lipinski definition) is 0. The molecule has 168 valence electrons. The van der Waals surface area contributed by atoms with Crippen molar-refractivity contribution < 1.29 is 27.5 Å². The van der Waals surface area contributed by atoms with E-state index in [1.165, 1.54) is 17.0 Å². The van der Waals surface area contributed by atoms with Gasteiger partial charge in [-0.05, 0) is 24.3 Å². The number of para-hydroxylation sites is 1. The van der Waals surface area contributed by atoms with Crippen LogP contribution >= 0.6 is 11.8 Å². The number of halogens is 3. The molecule has 0 unspecified atom stereocenters. The number of morpholine rings is 1. The molecule has 0 radical (unpaired) electrons. The lowest BCUT2D eigenvalue weighted by Gasteiger charge is -2.35. The Morgan fingerprint density at radius 2 is 1.78 bits per heavy atom. The fourth-order valence-electron chi connectivity index (χ4n) is 4.46. The van der Waals surface area contributed by atoms with Crippen LogP contribution in [-0.2, 0) is 25.4 Å². The monoisotopic (exact) mass is 463 g/mol. The van der Waals surface area contributed by atoms with Crippen molar-refractivity contribution in [3.63, 3.8) is 0 Å². The van der Waals surface area contributed by atoms with Gasteiger partial charge in [0.05, 0.1) is 36.9 Å². The second-order valence-electron chi connectivity index (χ2n) is 7.83. The van der Waals surface area contributed by atoms with E-state index in [-0.39, 0.29) is 17.3 Å². The number of thioether (sulfide) groups is 1. The van der Waals surface area contributed by atoms with E-state index >= 15 is 0 Å². The van der Waals surface area contributed by atoms with E-state index in [1.54, 1.807) is 17.0 Å². The maximum Gasteiger partial charge on any atom is 0.416 e. The van der Waals surface area contributed by atoms with Crippen LogP contribution in [0.25, 0.3) is 0 Å². The van der Waals surface area contributed by atoms with Gasteiger partial charge in [0.15, 0.2) is 0 Å². The summed E-state index contributed by atoms with van der Waals surface area (Å²) in [6.45, 7) is 2.80. The number of amides is 2. The Morgan fingerprint density at radius 3 is 2.53 bits per heavy atom. The number of fused-ring (bicyclic) bond motifs is 2. The summed E-state index contributed by atoms with van der Waals surface area (Å²) in [6, 6.07) is 11.8. The van der Waals surface area contributed by atoms with Crippen LogP contribution in [-0.4, -0.2) is 55.4 Å². The molecule has 0 aromatic heterocycles. The summed E-state index contributed by atoms with van der Waals surface area (Å²) in [5.41, 5.74) is 0.486. The molecule has 32 heavy (non-hydrogen) atoms. The lowest BCUT2D eigenvalue weighted by molar-refractivity contribution is -0.137. The maximum atomic E-state index is 13.9. The number of nitrogens with zero attached hydrogens (tertiary/aromatic N) is 3. The van der Waals surface area contributed by atoms with Gasteiger partial charge in [0.1, 0.15) is 0 Å². The highest BCUT2D eigenvalue weighted by Crippen LogP contribution is 2.55. The van der Waals surface area contributed by atoms with E-state index in [2.05, 4.69) is 4.90 Å². The third-order valence-corrected chi connectivity index (χ3v) is 7.33. The Morgan fingerprint density at radius 1 is 1.03 bits per heavy atom. The van der Waals surface area contributed by atoms with Gasteiger partial charge in [0, 0.05) is 24.3 Å². The van der Waals surface area contributed by atoms with Crippen molar-refractivity contribution in [1.82, 2.24) is 4.90 Å². The fraction of sp³-hybridized carbons (Fsp3) is 0.364. The first-order chi connectivity index (χ1) is 15.3. The Labute approximate surface area is 186 Å². The molecule has 1 spiro atoms. The number of alkyl halides is 3. The molecule has 2 fully saturated rings. The molecule has 0 aliphatic carbocycles. The van der Waals surface area contributed by atoms with E-state index in [0.29, 0.717) is 44.2 Å². The van der Waals surface area contributed by atoms with Gasteiger partial charge in [-0.2, -0.15) is 13.2 Å². The molecule has 1 atom stereocenters. The van der Waals surface area contributed by atoms with Crippen molar-refractivity contribution in [2.45, 2.75) is 11.0 Å². The van der Waals surface area contributed by atoms with E-state index in [0.717, 1.165) is 23.9 Å². The summed E-state index contributed by atoms with van der Waals surface area (Å²) in [6.07, 6.45) is -4.56. The van der Waals surface area contributed by atoms with Crippen molar-refractivity contribution in [2.75, 3.05) is 48.5 Å². The number of hydrogen-bond acceptors (Lipinski definition) is 5. The number of ether oxygens (including phenoxy) is 1. The summed E-state index contributed by atoms with van der Waals surface area (Å²) in [5.74, 6) is -0.717. The van der Waals surface area contributed by atoms with Gasteiger partial charge in [-0.15, -0.1) is 11.8 Å². The predicted octanol–water partition coefficient (Wildman–Crippen LogP) is 3.27.